The third-order valence-electron chi connectivity index (χ3n) is 3.78. The van der Waals surface area contributed by atoms with Crippen molar-refractivity contribution in [2.75, 3.05) is 3.71 Å². The molecule has 0 N–H and O–H groups in total. The largest absolute Gasteiger partial charge is 0.517 e. The molecule has 0 aliphatic rings. The Morgan fingerprint density at radius 2 is 1.42 bits per heavy atom. The summed E-state index contributed by atoms with van der Waals surface area (Å²) >= 11 is 0.142. The zero-order chi connectivity index (χ0) is 24.8. The molecule has 0 aliphatic heterocycles. The molecular weight excluding hydrogens is 526 g/mol. The number of fused-ring (bicyclic) bond motifs is 1. The molecule has 178 valence electrons. The van der Waals surface area contributed by atoms with Crippen LogP contribution in [0.4, 0.5) is 32.0 Å². The lowest BCUT2D eigenvalue weighted by molar-refractivity contribution is -0.0462. The molecule has 17 heteroatoms. The lowest BCUT2D eigenvalue weighted by Crippen LogP contribution is -2.49. The summed E-state index contributed by atoms with van der Waals surface area (Å²) in [7, 11) is -14.5. The second kappa shape index (κ2) is 8.14. The molecule has 0 fully saturated rings. The zero-order valence-electron chi connectivity index (χ0n) is 15.5. The summed E-state index contributed by atoms with van der Waals surface area (Å²) < 4.78 is 131. The van der Waals surface area contributed by atoms with Crippen LogP contribution >= 0.6 is 11.3 Å². The summed E-state index contributed by atoms with van der Waals surface area (Å²) in [5, 5.41) is -0.775. The highest BCUT2D eigenvalue weighted by Gasteiger charge is 2.63. The van der Waals surface area contributed by atoms with Crippen LogP contribution in [0.5, 0.6) is 5.75 Å². The Morgan fingerprint density at radius 1 is 0.879 bits per heavy atom. The van der Waals surface area contributed by atoms with Crippen LogP contribution in [0.15, 0.2) is 48.7 Å². The third kappa shape index (κ3) is 4.34. The minimum atomic E-state index is -7.23. The predicted octanol–water partition coefficient (Wildman–Crippen LogP) is 4.02. The molecule has 3 aromatic rings. The first-order chi connectivity index (χ1) is 15.1. The average molecular weight is 534 g/mol. The molecule has 1 aromatic carbocycles. The number of sulfonamides is 2. The zero-order valence-corrected chi connectivity index (χ0v) is 17.9. The van der Waals surface area contributed by atoms with Gasteiger partial charge in [-0.05, 0) is 24.3 Å². The van der Waals surface area contributed by atoms with E-state index < -0.39 is 61.5 Å². The number of carbonyl (C=O) groups excluding carboxylic acids is 1. The maximum Gasteiger partial charge on any atom is 0.517 e. The molecular formula is C16H8F6N2O6S3. The number of esters is 1. The molecule has 0 atom stereocenters. The lowest BCUT2D eigenvalue weighted by Gasteiger charge is -2.25. The molecule has 0 bridgehead atoms. The van der Waals surface area contributed by atoms with Gasteiger partial charge in [-0.2, -0.15) is 43.2 Å². The Labute approximate surface area is 185 Å². The van der Waals surface area contributed by atoms with Gasteiger partial charge in [0.15, 0.2) is 0 Å². The van der Waals surface area contributed by atoms with Gasteiger partial charge in [0.1, 0.15) is 21.1 Å². The van der Waals surface area contributed by atoms with E-state index in [-0.39, 0.29) is 17.1 Å². The van der Waals surface area contributed by atoms with E-state index in [1.807, 2.05) is 0 Å². The number of nitrogens with zero attached hydrogens (tertiary/aromatic N) is 2. The van der Waals surface area contributed by atoms with Crippen molar-refractivity contribution in [1.29, 1.82) is 0 Å². The molecule has 8 nitrogen and oxygen atoms in total. The van der Waals surface area contributed by atoms with Crippen molar-refractivity contribution in [1.82, 2.24) is 4.98 Å². The van der Waals surface area contributed by atoms with Gasteiger partial charge in [-0.1, -0.05) is 18.2 Å². The number of rotatable bonds is 5. The van der Waals surface area contributed by atoms with Crippen molar-refractivity contribution >= 4 is 53.3 Å². The molecule has 0 aliphatic carbocycles. The van der Waals surface area contributed by atoms with Crippen LogP contribution in [0.1, 0.15) is 9.67 Å². The van der Waals surface area contributed by atoms with Gasteiger partial charge in [-0.15, -0.1) is 15.0 Å². The maximum atomic E-state index is 13.3. The lowest BCUT2D eigenvalue weighted by atomic mass is 10.2. The number of halogens is 6. The van der Waals surface area contributed by atoms with Crippen LogP contribution in [0, 0.1) is 0 Å². The van der Waals surface area contributed by atoms with E-state index in [0.717, 1.165) is 18.3 Å². The normalized spacial score (nSPS) is 13.2. The number of hydrogen-bond acceptors (Lipinski definition) is 8. The number of para-hydroxylation sites is 1. The minimum absolute atomic E-state index is 0.142. The van der Waals surface area contributed by atoms with Gasteiger partial charge in [0.05, 0.1) is 0 Å². The van der Waals surface area contributed by atoms with E-state index in [1.165, 1.54) is 30.3 Å². The van der Waals surface area contributed by atoms with Crippen molar-refractivity contribution in [2.24, 2.45) is 0 Å². The van der Waals surface area contributed by atoms with E-state index in [4.69, 9.17) is 4.74 Å². The molecule has 0 spiro atoms. The molecule has 0 radical (unpaired) electrons. The van der Waals surface area contributed by atoms with E-state index in [2.05, 4.69) is 4.98 Å². The summed E-state index contributed by atoms with van der Waals surface area (Å²) in [6.45, 7) is 0. The molecule has 2 aromatic heterocycles. The van der Waals surface area contributed by atoms with Crippen LogP contribution in [0.2, 0.25) is 0 Å². The van der Waals surface area contributed by atoms with Gasteiger partial charge in [-0.3, -0.25) is 0 Å². The van der Waals surface area contributed by atoms with E-state index >= 15 is 0 Å². The van der Waals surface area contributed by atoms with E-state index in [1.54, 1.807) is 0 Å². The SMILES string of the molecule is O=C(Oc1ccccc1)c1sc2ncccc2c1N(S(=O)(=O)C(F)(F)F)S(=O)(=O)C(F)(F)F. The number of ether oxygens (including phenoxy) is 1. The number of benzene rings is 1. The monoisotopic (exact) mass is 534 g/mol. The molecule has 0 saturated carbocycles. The summed E-state index contributed by atoms with van der Waals surface area (Å²) in [4.78, 5) is 14.7. The summed E-state index contributed by atoms with van der Waals surface area (Å²) in [5.41, 5.74) is -14.7. The number of pyridine rings is 1. The van der Waals surface area contributed by atoms with Crippen LogP contribution < -0.4 is 8.45 Å². The van der Waals surface area contributed by atoms with Crippen LogP contribution in [-0.2, 0) is 20.0 Å². The fourth-order valence-corrected chi connectivity index (χ4v) is 6.34. The fraction of sp³-hybridized carbons (Fsp3) is 0.125. The van der Waals surface area contributed by atoms with Crippen LogP contribution in [0.25, 0.3) is 10.2 Å². The third-order valence-corrected chi connectivity index (χ3v) is 8.45. The van der Waals surface area contributed by atoms with Gasteiger partial charge < -0.3 is 4.74 Å². The van der Waals surface area contributed by atoms with Crippen molar-refractivity contribution in [3.05, 3.63) is 53.5 Å². The van der Waals surface area contributed by atoms with Crippen LogP contribution in [-0.4, -0.2) is 38.8 Å². The van der Waals surface area contributed by atoms with Crippen molar-refractivity contribution < 1.29 is 52.7 Å². The Morgan fingerprint density at radius 3 is 1.94 bits per heavy atom. The number of alkyl halides is 6. The molecule has 0 amide bonds. The van der Waals surface area contributed by atoms with E-state index in [9.17, 15) is 48.0 Å². The van der Waals surface area contributed by atoms with Crippen molar-refractivity contribution in [3.8, 4) is 5.75 Å². The molecule has 0 saturated heterocycles. The maximum absolute atomic E-state index is 13.3. The molecule has 2 heterocycles. The highest BCUT2D eigenvalue weighted by atomic mass is 32.3. The summed E-state index contributed by atoms with van der Waals surface area (Å²) in [6.07, 6.45) is 1.04. The number of aromatic nitrogens is 1. The Bertz CT molecular complexity index is 1370. The fourth-order valence-electron chi connectivity index (χ4n) is 2.44. The second-order valence-electron chi connectivity index (χ2n) is 5.94. The highest BCUT2D eigenvalue weighted by Crippen LogP contribution is 2.46. The summed E-state index contributed by atoms with van der Waals surface area (Å²) in [6, 6.07) is 8.47. The Kier molecular flexibility index (Phi) is 6.10. The van der Waals surface area contributed by atoms with Crippen LogP contribution in [0.3, 0.4) is 0 Å². The predicted molar refractivity (Wildman–Crippen MR) is 103 cm³/mol. The molecule has 3 rings (SSSR count). The minimum Gasteiger partial charge on any atom is -0.422 e. The van der Waals surface area contributed by atoms with Crippen molar-refractivity contribution in [2.45, 2.75) is 11.0 Å². The number of thiophene rings is 1. The molecule has 0 unspecified atom stereocenters. The number of carbonyl (C=O) groups is 1. The summed E-state index contributed by atoms with van der Waals surface area (Å²) in [5.74, 6) is -1.82. The van der Waals surface area contributed by atoms with Gasteiger partial charge in [0.2, 0.25) is 0 Å². The topological polar surface area (TPSA) is 111 Å². The standard InChI is InChI=1S/C16H8F6N2O6S3/c17-15(18,19)32(26,27)24(33(28,29)16(20,21)22)11-10-7-4-8-23-13(10)31-12(11)14(25)30-9-5-2-1-3-6-9/h1-8H. The Hall–Kier alpha value is -2.92. The number of hydrogen-bond donors (Lipinski definition) is 0. The van der Waals surface area contributed by atoms with E-state index in [0.29, 0.717) is 0 Å². The average Bonchev–Trinajstić information content (AvgIpc) is 3.06. The van der Waals surface area contributed by atoms with Gasteiger partial charge in [-0.25, -0.2) is 9.78 Å². The quantitative estimate of drug-likeness (QED) is 0.276. The molecule has 33 heavy (non-hydrogen) atoms. The first-order valence-corrected chi connectivity index (χ1v) is 11.9. The smallest absolute Gasteiger partial charge is 0.422 e. The van der Waals surface area contributed by atoms with Crippen molar-refractivity contribution in [3.63, 3.8) is 0 Å². The Balaban J connectivity index is 2.38. The first kappa shape index (κ1) is 24.7. The van der Waals surface area contributed by atoms with Gasteiger partial charge in [0, 0.05) is 11.6 Å². The van der Waals surface area contributed by atoms with Gasteiger partial charge >= 0.3 is 37.0 Å². The highest BCUT2D eigenvalue weighted by molar-refractivity contribution is 8.11. The second-order valence-corrected chi connectivity index (χ2v) is 10.7. The first-order valence-electron chi connectivity index (χ1n) is 8.17. The number of anilines is 1. The van der Waals surface area contributed by atoms with Gasteiger partial charge in [0.25, 0.3) is 0 Å².